The predicted molar refractivity (Wildman–Crippen MR) is 99.6 cm³/mol. The first-order chi connectivity index (χ1) is 13.1. The third kappa shape index (κ3) is 4.23. The highest BCUT2D eigenvalue weighted by Gasteiger charge is 2.26. The Morgan fingerprint density at radius 3 is 2.15 bits per heavy atom. The second-order valence-corrected chi connectivity index (χ2v) is 5.91. The van der Waals surface area contributed by atoms with E-state index in [0.29, 0.717) is 0 Å². The van der Waals surface area contributed by atoms with Gasteiger partial charge >= 0.3 is 5.69 Å². The van der Waals surface area contributed by atoms with Crippen LogP contribution in [0.2, 0.25) is 0 Å². The number of nitro groups is 1. The molecule has 0 fully saturated rings. The summed E-state index contributed by atoms with van der Waals surface area (Å²) in [7, 11) is 1.39. The van der Waals surface area contributed by atoms with Gasteiger partial charge in [-0.3, -0.25) is 10.1 Å². The van der Waals surface area contributed by atoms with Gasteiger partial charge < -0.3 is 9.47 Å². The fourth-order valence-corrected chi connectivity index (χ4v) is 2.81. The van der Waals surface area contributed by atoms with E-state index in [-0.39, 0.29) is 30.1 Å². The van der Waals surface area contributed by atoms with Gasteiger partial charge in [0.1, 0.15) is 6.61 Å². The highest BCUT2D eigenvalue weighted by Crippen LogP contribution is 2.40. The van der Waals surface area contributed by atoms with Crippen molar-refractivity contribution in [1.82, 2.24) is 0 Å². The van der Waals surface area contributed by atoms with Gasteiger partial charge in [-0.25, -0.2) is 0 Å². The van der Waals surface area contributed by atoms with E-state index >= 15 is 0 Å². The molecule has 138 valence electrons. The van der Waals surface area contributed by atoms with E-state index in [0.717, 1.165) is 17.2 Å². The Balaban J connectivity index is 2.02. The molecular formula is C21H18FNO4. The second kappa shape index (κ2) is 8.31. The second-order valence-electron chi connectivity index (χ2n) is 5.91. The molecule has 0 amide bonds. The molecule has 0 radical (unpaired) electrons. The molecule has 0 aliphatic heterocycles. The molecule has 3 aromatic rings. The van der Waals surface area contributed by atoms with Gasteiger partial charge in [-0.15, -0.1) is 0 Å². The Bertz CT molecular complexity index is 930. The van der Waals surface area contributed by atoms with Crippen LogP contribution in [0.4, 0.5) is 10.1 Å². The first kappa shape index (κ1) is 18.4. The van der Waals surface area contributed by atoms with E-state index in [1.807, 2.05) is 60.7 Å². The third-order valence-corrected chi connectivity index (χ3v) is 4.12. The quantitative estimate of drug-likeness (QED) is 0.440. The van der Waals surface area contributed by atoms with Crippen molar-refractivity contribution in [2.75, 3.05) is 7.11 Å². The van der Waals surface area contributed by atoms with Gasteiger partial charge in [0.05, 0.1) is 18.1 Å². The third-order valence-electron chi connectivity index (χ3n) is 4.12. The van der Waals surface area contributed by atoms with Crippen LogP contribution in [0.1, 0.15) is 16.7 Å². The zero-order valence-corrected chi connectivity index (χ0v) is 14.7. The minimum absolute atomic E-state index is 0.0981. The molecule has 0 saturated carbocycles. The van der Waals surface area contributed by atoms with Gasteiger partial charge in [-0.2, -0.15) is 4.39 Å². The maximum absolute atomic E-state index is 14.8. The minimum Gasteiger partial charge on any atom is -0.492 e. The number of ether oxygens (including phenoxy) is 2. The molecule has 0 aliphatic rings. The molecule has 27 heavy (non-hydrogen) atoms. The van der Waals surface area contributed by atoms with Crippen molar-refractivity contribution in [3.8, 4) is 11.5 Å². The normalized spacial score (nSPS) is 10.4. The first-order valence-electron chi connectivity index (χ1n) is 8.34. The Kier molecular flexibility index (Phi) is 5.66. The lowest BCUT2D eigenvalue weighted by Gasteiger charge is -2.16. The number of benzene rings is 3. The molecule has 0 aliphatic carbocycles. The summed E-state index contributed by atoms with van der Waals surface area (Å²) in [6.07, 6.45) is 0.152. The number of halogens is 1. The van der Waals surface area contributed by atoms with Crippen LogP contribution in [0.15, 0.2) is 66.7 Å². The number of nitrogens with zero attached hydrogens (tertiary/aromatic N) is 1. The van der Waals surface area contributed by atoms with Crippen LogP contribution >= 0.6 is 0 Å². The first-order valence-corrected chi connectivity index (χ1v) is 8.34. The van der Waals surface area contributed by atoms with Crippen LogP contribution in [-0.4, -0.2) is 12.0 Å². The van der Waals surface area contributed by atoms with Gasteiger partial charge in [0.2, 0.25) is 5.82 Å². The van der Waals surface area contributed by atoms with Crippen LogP contribution in [0, 0.1) is 15.9 Å². The number of rotatable bonds is 7. The van der Waals surface area contributed by atoms with Crippen LogP contribution in [0.25, 0.3) is 0 Å². The predicted octanol–water partition coefficient (Wildman–Crippen LogP) is 4.91. The van der Waals surface area contributed by atoms with Crippen molar-refractivity contribution in [3.63, 3.8) is 0 Å². The van der Waals surface area contributed by atoms with E-state index in [1.165, 1.54) is 7.11 Å². The van der Waals surface area contributed by atoms with Gasteiger partial charge in [0, 0.05) is 12.0 Å². The Hall–Kier alpha value is -3.41. The van der Waals surface area contributed by atoms with Crippen LogP contribution in [0.5, 0.6) is 11.5 Å². The van der Waals surface area contributed by atoms with E-state index in [4.69, 9.17) is 9.47 Å². The van der Waals surface area contributed by atoms with Crippen LogP contribution < -0.4 is 9.47 Å². The summed E-state index contributed by atoms with van der Waals surface area (Å²) in [6.45, 7) is 0.185. The Labute approximate surface area is 156 Å². The van der Waals surface area contributed by atoms with Gasteiger partial charge in [0.15, 0.2) is 11.5 Å². The summed E-state index contributed by atoms with van der Waals surface area (Å²) < 4.78 is 25.9. The van der Waals surface area contributed by atoms with E-state index in [2.05, 4.69) is 0 Å². The lowest BCUT2D eigenvalue weighted by molar-refractivity contribution is -0.387. The van der Waals surface area contributed by atoms with Crippen molar-refractivity contribution in [1.29, 1.82) is 0 Å². The molecule has 0 heterocycles. The molecular weight excluding hydrogens is 349 g/mol. The standard InChI is InChI=1S/C21H18FNO4/c1-26-21-17(12-15-8-4-2-5-9-15)20(22)18(23(24)25)13-19(21)27-14-16-10-6-3-7-11-16/h2-11,13H,12,14H2,1H3. The Morgan fingerprint density at radius 1 is 1.00 bits per heavy atom. The monoisotopic (exact) mass is 367 g/mol. The van der Waals surface area contributed by atoms with Gasteiger partial charge in [0.25, 0.3) is 0 Å². The topological polar surface area (TPSA) is 61.6 Å². The summed E-state index contributed by atoms with van der Waals surface area (Å²) in [6, 6.07) is 19.6. The van der Waals surface area contributed by atoms with E-state index in [1.54, 1.807) is 0 Å². The summed E-state index contributed by atoms with van der Waals surface area (Å²) in [5.41, 5.74) is 1.16. The number of methoxy groups -OCH3 is 1. The van der Waals surface area contributed by atoms with Crippen LogP contribution in [0.3, 0.4) is 0 Å². The lowest BCUT2D eigenvalue weighted by atomic mass is 10.0. The number of hydrogen-bond acceptors (Lipinski definition) is 4. The molecule has 6 heteroatoms. The molecule has 0 aromatic heterocycles. The molecule has 3 aromatic carbocycles. The SMILES string of the molecule is COc1c(OCc2ccccc2)cc([N+](=O)[O-])c(F)c1Cc1ccccc1. The maximum atomic E-state index is 14.8. The fraction of sp³-hybridized carbons (Fsp3) is 0.143. The summed E-state index contributed by atoms with van der Waals surface area (Å²) in [5, 5.41) is 11.3. The van der Waals surface area contributed by atoms with Crippen molar-refractivity contribution in [3.05, 3.63) is 99.4 Å². The number of hydrogen-bond donors (Lipinski definition) is 0. The van der Waals surface area contributed by atoms with Gasteiger partial charge in [-0.1, -0.05) is 60.7 Å². The maximum Gasteiger partial charge on any atom is 0.309 e. The summed E-state index contributed by atoms with van der Waals surface area (Å²) in [4.78, 5) is 10.6. The zero-order chi connectivity index (χ0) is 19.2. The fourth-order valence-electron chi connectivity index (χ4n) is 2.81. The molecule has 3 rings (SSSR count). The smallest absolute Gasteiger partial charge is 0.309 e. The minimum atomic E-state index is -0.909. The van der Waals surface area contributed by atoms with Gasteiger partial charge in [-0.05, 0) is 11.1 Å². The molecule has 0 unspecified atom stereocenters. The largest absolute Gasteiger partial charge is 0.492 e. The molecule has 0 bridgehead atoms. The van der Waals surface area contributed by atoms with Crippen LogP contribution in [-0.2, 0) is 13.0 Å². The molecule has 5 nitrogen and oxygen atoms in total. The Morgan fingerprint density at radius 2 is 1.59 bits per heavy atom. The van der Waals surface area contributed by atoms with Crippen molar-refractivity contribution >= 4 is 5.69 Å². The highest BCUT2D eigenvalue weighted by atomic mass is 19.1. The molecule has 0 spiro atoms. The highest BCUT2D eigenvalue weighted by molar-refractivity contribution is 5.57. The summed E-state index contributed by atoms with van der Waals surface area (Å²) in [5.74, 6) is -0.606. The van der Waals surface area contributed by atoms with Crippen molar-refractivity contribution in [2.45, 2.75) is 13.0 Å². The molecule has 0 saturated heterocycles. The van der Waals surface area contributed by atoms with Crippen molar-refractivity contribution in [2.24, 2.45) is 0 Å². The lowest BCUT2D eigenvalue weighted by Crippen LogP contribution is -2.06. The average molecular weight is 367 g/mol. The van der Waals surface area contributed by atoms with E-state index in [9.17, 15) is 14.5 Å². The summed E-state index contributed by atoms with van der Waals surface area (Å²) >= 11 is 0. The van der Waals surface area contributed by atoms with E-state index < -0.39 is 16.4 Å². The van der Waals surface area contributed by atoms with Crippen molar-refractivity contribution < 1.29 is 18.8 Å². The number of nitro benzene ring substituents is 1. The molecule has 0 N–H and O–H groups in total. The zero-order valence-electron chi connectivity index (χ0n) is 14.7. The molecule has 0 atom stereocenters. The average Bonchev–Trinajstić information content (AvgIpc) is 2.69.